The van der Waals surface area contributed by atoms with E-state index in [1.165, 1.54) is 0 Å². The monoisotopic (exact) mass is 454 g/mol. The highest BCUT2D eigenvalue weighted by molar-refractivity contribution is 6.37. The number of carbonyl (C=O) groups excluding carboxylic acids is 2. The number of nitrogens with two attached hydrogens (primary N) is 1. The molecule has 0 radical (unpaired) electrons. The summed E-state index contributed by atoms with van der Waals surface area (Å²) in [5.41, 5.74) is 11.6. The van der Waals surface area contributed by atoms with E-state index in [0.29, 0.717) is 47.1 Å². The fourth-order valence-electron chi connectivity index (χ4n) is 3.89. The standard InChI is InChI=1S/C28H30N4O2/c1-18(2)14-15-30-27(33)21-10-13-24-23(16-21)25(28(34)32-24)26(20-6-4-3-5-7-20)31-22-11-8-19(17-29)9-12-22/h3-13,16,18,31H,14-15,17,29H2,1-2H3,(H,30,33)(H,32,34). The van der Waals surface area contributed by atoms with Crippen LogP contribution < -0.4 is 21.7 Å². The molecule has 4 rings (SSSR count). The molecule has 0 fully saturated rings. The Bertz CT molecular complexity index is 1210. The average molecular weight is 455 g/mol. The number of benzene rings is 3. The number of carbonyl (C=O) groups is 2. The van der Waals surface area contributed by atoms with E-state index in [1.54, 1.807) is 18.2 Å². The summed E-state index contributed by atoms with van der Waals surface area (Å²) in [6.07, 6.45) is 0.910. The Morgan fingerprint density at radius 1 is 0.971 bits per heavy atom. The van der Waals surface area contributed by atoms with Crippen LogP contribution in [0.15, 0.2) is 72.8 Å². The molecule has 0 unspecified atom stereocenters. The maximum absolute atomic E-state index is 13.1. The fourth-order valence-corrected chi connectivity index (χ4v) is 3.89. The lowest BCUT2D eigenvalue weighted by Gasteiger charge is -2.15. The van der Waals surface area contributed by atoms with Gasteiger partial charge in [0, 0.05) is 35.6 Å². The van der Waals surface area contributed by atoms with Gasteiger partial charge in [0.25, 0.3) is 11.8 Å². The minimum atomic E-state index is -0.211. The molecule has 1 heterocycles. The molecule has 5 N–H and O–H groups in total. The van der Waals surface area contributed by atoms with Gasteiger partial charge in [-0.2, -0.15) is 0 Å². The molecule has 0 aliphatic carbocycles. The molecule has 3 aromatic carbocycles. The summed E-state index contributed by atoms with van der Waals surface area (Å²) in [7, 11) is 0. The molecule has 174 valence electrons. The van der Waals surface area contributed by atoms with Crippen LogP contribution in [-0.2, 0) is 11.3 Å². The number of rotatable bonds is 8. The van der Waals surface area contributed by atoms with Crippen LogP contribution in [0.1, 0.15) is 47.3 Å². The Morgan fingerprint density at radius 2 is 1.71 bits per heavy atom. The Labute approximate surface area is 200 Å². The highest BCUT2D eigenvalue weighted by Crippen LogP contribution is 2.38. The van der Waals surface area contributed by atoms with Crippen molar-refractivity contribution < 1.29 is 9.59 Å². The number of hydrogen-bond donors (Lipinski definition) is 4. The fraction of sp³-hybridized carbons (Fsp3) is 0.214. The smallest absolute Gasteiger partial charge is 0.258 e. The minimum Gasteiger partial charge on any atom is -0.354 e. The van der Waals surface area contributed by atoms with Gasteiger partial charge in [0.15, 0.2) is 0 Å². The number of anilines is 2. The van der Waals surface area contributed by atoms with Crippen LogP contribution in [0.4, 0.5) is 11.4 Å². The van der Waals surface area contributed by atoms with Crippen molar-refractivity contribution in [1.29, 1.82) is 0 Å². The third-order valence-electron chi connectivity index (χ3n) is 5.81. The molecule has 0 saturated heterocycles. The van der Waals surface area contributed by atoms with Crippen molar-refractivity contribution >= 4 is 34.5 Å². The van der Waals surface area contributed by atoms with Gasteiger partial charge in [-0.1, -0.05) is 56.3 Å². The second kappa shape index (κ2) is 10.4. The molecule has 6 nitrogen and oxygen atoms in total. The molecule has 34 heavy (non-hydrogen) atoms. The van der Waals surface area contributed by atoms with Crippen LogP contribution in [0.3, 0.4) is 0 Å². The molecule has 0 atom stereocenters. The van der Waals surface area contributed by atoms with Gasteiger partial charge in [0.2, 0.25) is 0 Å². The summed E-state index contributed by atoms with van der Waals surface area (Å²) in [4.78, 5) is 25.9. The van der Waals surface area contributed by atoms with Gasteiger partial charge in [-0.25, -0.2) is 0 Å². The molecule has 3 aromatic rings. The maximum atomic E-state index is 13.1. The van der Waals surface area contributed by atoms with Crippen molar-refractivity contribution in [3.63, 3.8) is 0 Å². The summed E-state index contributed by atoms with van der Waals surface area (Å²) in [6.45, 7) is 5.32. The van der Waals surface area contributed by atoms with Gasteiger partial charge < -0.3 is 21.7 Å². The van der Waals surface area contributed by atoms with Crippen LogP contribution in [0.5, 0.6) is 0 Å². The van der Waals surface area contributed by atoms with Crippen LogP contribution in [0, 0.1) is 5.92 Å². The Balaban J connectivity index is 1.75. The quantitative estimate of drug-likeness (QED) is 0.366. The van der Waals surface area contributed by atoms with Crippen molar-refractivity contribution in [3.8, 4) is 0 Å². The zero-order valence-corrected chi connectivity index (χ0v) is 19.5. The summed E-state index contributed by atoms with van der Waals surface area (Å²) in [6, 6.07) is 22.8. The Kier molecular flexibility index (Phi) is 7.09. The minimum absolute atomic E-state index is 0.145. The Morgan fingerprint density at radius 3 is 2.38 bits per heavy atom. The second-order valence-electron chi connectivity index (χ2n) is 8.79. The highest BCUT2D eigenvalue weighted by Gasteiger charge is 2.29. The van der Waals surface area contributed by atoms with Crippen molar-refractivity contribution in [2.45, 2.75) is 26.8 Å². The van der Waals surface area contributed by atoms with E-state index in [2.05, 4.69) is 29.8 Å². The first-order valence-electron chi connectivity index (χ1n) is 11.6. The lowest BCUT2D eigenvalue weighted by molar-refractivity contribution is -0.110. The molecule has 2 amide bonds. The van der Waals surface area contributed by atoms with Crippen LogP contribution >= 0.6 is 0 Å². The third kappa shape index (κ3) is 5.18. The number of nitrogens with one attached hydrogen (secondary N) is 3. The zero-order valence-electron chi connectivity index (χ0n) is 19.5. The van der Waals surface area contributed by atoms with Crippen LogP contribution in [0.25, 0.3) is 11.3 Å². The first-order chi connectivity index (χ1) is 16.5. The average Bonchev–Trinajstić information content (AvgIpc) is 3.17. The van der Waals surface area contributed by atoms with E-state index < -0.39 is 0 Å². The van der Waals surface area contributed by atoms with Crippen molar-refractivity contribution in [1.82, 2.24) is 5.32 Å². The number of fused-ring (bicyclic) bond motifs is 1. The molecule has 0 aromatic heterocycles. The molecular weight excluding hydrogens is 424 g/mol. The maximum Gasteiger partial charge on any atom is 0.258 e. The highest BCUT2D eigenvalue weighted by atomic mass is 16.2. The predicted octanol–water partition coefficient (Wildman–Crippen LogP) is 4.85. The predicted molar refractivity (Wildman–Crippen MR) is 138 cm³/mol. The van der Waals surface area contributed by atoms with Crippen LogP contribution in [0.2, 0.25) is 0 Å². The lowest BCUT2D eigenvalue weighted by Crippen LogP contribution is -2.25. The third-order valence-corrected chi connectivity index (χ3v) is 5.81. The normalized spacial score (nSPS) is 13.9. The van der Waals surface area contributed by atoms with Gasteiger partial charge in [0.1, 0.15) is 0 Å². The van der Waals surface area contributed by atoms with Crippen molar-refractivity contribution in [2.75, 3.05) is 17.2 Å². The van der Waals surface area contributed by atoms with Gasteiger partial charge in [0.05, 0.1) is 11.3 Å². The molecule has 0 bridgehead atoms. The topological polar surface area (TPSA) is 96.2 Å². The van der Waals surface area contributed by atoms with Gasteiger partial charge >= 0.3 is 0 Å². The number of amides is 2. The largest absolute Gasteiger partial charge is 0.354 e. The summed E-state index contributed by atoms with van der Waals surface area (Å²) in [5, 5.41) is 9.35. The molecule has 0 saturated carbocycles. The lowest BCUT2D eigenvalue weighted by atomic mass is 9.98. The van der Waals surface area contributed by atoms with Gasteiger partial charge in [-0.15, -0.1) is 0 Å². The van der Waals surface area contributed by atoms with Gasteiger partial charge in [-0.05, 0) is 53.8 Å². The Hall–Kier alpha value is -3.90. The van der Waals surface area contributed by atoms with E-state index in [0.717, 1.165) is 23.2 Å². The zero-order chi connectivity index (χ0) is 24.1. The molecule has 6 heteroatoms. The van der Waals surface area contributed by atoms with E-state index in [9.17, 15) is 9.59 Å². The van der Waals surface area contributed by atoms with E-state index in [-0.39, 0.29) is 11.8 Å². The molecule has 1 aliphatic rings. The van der Waals surface area contributed by atoms with Crippen LogP contribution in [-0.4, -0.2) is 18.4 Å². The SMILES string of the molecule is CC(C)CCNC(=O)c1ccc2c(c1)C(=C(Nc1ccc(CN)cc1)c1ccccc1)C(=O)N2. The van der Waals surface area contributed by atoms with Crippen molar-refractivity contribution in [3.05, 3.63) is 95.1 Å². The van der Waals surface area contributed by atoms with E-state index >= 15 is 0 Å². The second-order valence-corrected chi connectivity index (χ2v) is 8.79. The molecule has 1 aliphatic heterocycles. The van der Waals surface area contributed by atoms with Crippen molar-refractivity contribution in [2.24, 2.45) is 11.7 Å². The first-order valence-corrected chi connectivity index (χ1v) is 11.6. The summed E-state index contributed by atoms with van der Waals surface area (Å²) >= 11 is 0. The van der Waals surface area contributed by atoms with E-state index in [1.807, 2.05) is 54.6 Å². The molecular formula is C28H30N4O2. The van der Waals surface area contributed by atoms with Gasteiger partial charge in [-0.3, -0.25) is 9.59 Å². The summed E-state index contributed by atoms with van der Waals surface area (Å²) in [5.74, 6) is 0.154. The summed E-state index contributed by atoms with van der Waals surface area (Å²) < 4.78 is 0. The van der Waals surface area contributed by atoms with E-state index in [4.69, 9.17) is 5.73 Å². The number of hydrogen-bond acceptors (Lipinski definition) is 4. The first kappa shape index (κ1) is 23.3. The molecule has 0 spiro atoms.